The van der Waals surface area contributed by atoms with Gasteiger partial charge in [0.05, 0.1) is 18.1 Å². The van der Waals surface area contributed by atoms with E-state index < -0.39 is 11.9 Å². The molecule has 1 amide bonds. The van der Waals surface area contributed by atoms with E-state index in [-0.39, 0.29) is 29.9 Å². The van der Waals surface area contributed by atoms with Crippen molar-refractivity contribution in [2.45, 2.75) is 31.2 Å². The van der Waals surface area contributed by atoms with E-state index in [0.29, 0.717) is 29.0 Å². The number of benzene rings is 3. The molecule has 1 atom stereocenters. The van der Waals surface area contributed by atoms with E-state index in [2.05, 4.69) is 23.5 Å². The van der Waals surface area contributed by atoms with E-state index in [4.69, 9.17) is 9.47 Å². The van der Waals surface area contributed by atoms with Gasteiger partial charge in [0.2, 0.25) is 0 Å². The number of rotatable bonds is 5. The average molecular weight is 454 g/mol. The summed E-state index contributed by atoms with van der Waals surface area (Å²) in [5.74, 6) is -0.682. The second-order valence-electron chi connectivity index (χ2n) is 8.50. The van der Waals surface area contributed by atoms with Crippen LogP contribution in [0.4, 0.5) is 0 Å². The van der Waals surface area contributed by atoms with Gasteiger partial charge in [-0.1, -0.05) is 24.3 Å². The molecule has 1 unspecified atom stereocenters. The highest BCUT2D eigenvalue weighted by atomic mass is 16.5. The largest absolute Gasteiger partial charge is 0.493 e. The van der Waals surface area contributed by atoms with Gasteiger partial charge in [-0.15, -0.1) is 0 Å². The summed E-state index contributed by atoms with van der Waals surface area (Å²) >= 11 is 0. The van der Waals surface area contributed by atoms with E-state index in [1.165, 1.54) is 17.2 Å². The fourth-order valence-electron chi connectivity index (χ4n) is 4.58. The minimum absolute atomic E-state index is 0.0733. The molecule has 2 N–H and O–H groups in total. The molecule has 0 saturated carbocycles. The number of nitrogens with zero attached hydrogens (tertiary/aromatic N) is 1. The Balaban J connectivity index is 1.29. The molecule has 1 aliphatic carbocycles. The number of nitriles is 1. The highest BCUT2D eigenvalue weighted by molar-refractivity contribution is 5.94. The Bertz CT molecular complexity index is 1280. The number of amides is 1. The first-order valence-electron chi connectivity index (χ1n) is 11.1. The molecule has 7 heteroatoms. The minimum atomic E-state index is -0.947. The summed E-state index contributed by atoms with van der Waals surface area (Å²) in [4.78, 5) is 24.3. The van der Waals surface area contributed by atoms with Crippen LogP contribution in [-0.2, 0) is 17.6 Å². The molecule has 0 bridgehead atoms. The molecule has 0 radical (unpaired) electrons. The lowest BCUT2D eigenvalue weighted by molar-refractivity contribution is -0.139. The molecular weight excluding hydrogens is 432 g/mol. The van der Waals surface area contributed by atoms with Crippen LogP contribution in [0.2, 0.25) is 0 Å². The highest BCUT2D eigenvalue weighted by Gasteiger charge is 2.29. The van der Waals surface area contributed by atoms with Crippen LogP contribution < -0.4 is 14.8 Å². The van der Waals surface area contributed by atoms with Crippen LogP contribution in [0.3, 0.4) is 0 Å². The second kappa shape index (κ2) is 8.91. The molecule has 1 heterocycles. The van der Waals surface area contributed by atoms with Crippen molar-refractivity contribution in [3.8, 4) is 23.3 Å². The smallest absolute Gasteiger partial charge is 0.311 e. The van der Waals surface area contributed by atoms with Gasteiger partial charge in [-0.25, -0.2) is 0 Å². The van der Waals surface area contributed by atoms with Crippen LogP contribution >= 0.6 is 0 Å². The first-order chi connectivity index (χ1) is 16.5. The molecule has 0 saturated heterocycles. The van der Waals surface area contributed by atoms with Gasteiger partial charge in [0.15, 0.2) is 0 Å². The van der Waals surface area contributed by atoms with Gasteiger partial charge in [-0.2, -0.15) is 5.26 Å². The fraction of sp³-hybridized carbons (Fsp3) is 0.222. The van der Waals surface area contributed by atoms with Crippen LogP contribution in [0.15, 0.2) is 60.7 Å². The topological polar surface area (TPSA) is 109 Å². The molecule has 3 aromatic rings. The molecule has 0 spiro atoms. The number of ether oxygens (including phenoxy) is 2. The normalized spacial score (nSPS) is 16.5. The lowest BCUT2D eigenvalue weighted by atomic mass is 9.91. The maximum atomic E-state index is 12.7. The zero-order valence-corrected chi connectivity index (χ0v) is 18.3. The number of carbonyl (C=O) groups is 2. The number of carboxylic acids is 1. The number of hydrogen-bond donors (Lipinski definition) is 2. The van der Waals surface area contributed by atoms with Gasteiger partial charge in [0.25, 0.3) is 5.91 Å². The summed E-state index contributed by atoms with van der Waals surface area (Å²) in [5.41, 5.74) is 3.76. The molecular formula is C27H22N2O5. The minimum Gasteiger partial charge on any atom is -0.493 e. The van der Waals surface area contributed by atoms with Gasteiger partial charge < -0.3 is 19.9 Å². The highest BCUT2D eigenvalue weighted by Crippen LogP contribution is 2.39. The summed E-state index contributed by atoms with van der Waals surface area (Å²) in [6, 6.07) is 20.1. The van der Waals surface area contributed by atoms with Gasteiger partial charge in [0, 0.05) is 23.2 Å². The Kier molecular flexibility index (Phi) is 5.64. The third kappa shape index (κ3) is 4.18. The Labute approximate surface area is 196 Å². The lowest BCUT2D eigenvalue weighted by Gasteiger charge is -2.24. The van der Waals surface area contributed by atoms with E-state index >= 15 is 0 Å². The summed E-state index contributed by atoms with van der Waals surface area (Å²) in [7, 11) is 0. The Morgan fingerprint density at radius 2 is 1.76 bits per heavy atom. The van der Waals surface area contributed by atoms with Crippen molar-refractivity contribution < 1.29 is 24.2 Å². The predicted octanol–water partition coefficient (Wildman–Crippen LogP) is 4.20. The van der Waals surface area contributed by atoms with E-state index in [1.807, 2.05) is 12.1 Å². The quantitative estimate of drug-likeness (QED) is 0.598. The molecule has 7 nitrogen and oxygen atoms in total. The van der Waals surface area contributed by atoms with Crippen LogP contribution in [0.25, 0.3) is 0 Å². The molecule has 1 aliphatic heterocycles. The third-order valence-electron chi connectivity index (χ3n) is 6.30. The van der Waals surface area contributed by atoms with Crippen LogP contribution in [-0.4, -0.2) is 29.6 Å². The van der Waals surface area contributed by atoms with Crippen molar-refractivity contribution in [2.75, 3.05) is 6.61 Å². The molecule has 3 aromatic carbocycles. The van der Waals surface area contributed by atoms with E-state index in [0.717, 1.165) is 12.8 Å². The van der Waals surface area contributed by atoms with Crippen LogP contribution in [0, 0.1) is 11.3 Å². The van der Waals surface area contributed by atoms with Crippen molar-refractivity contribution >= 4 is 11.9 Å². The van der Waals surface area contributed by atoms with Gasteiger partial charge in [-0.3, -0.25) is 9.59 Å². The SMILES string of the molecule is N#Cc1cc2c(cc1Oc1ccc(C(=O)NC3Cc4ccccc4C3)cc1)OCCC2C(=O)O. The fourth-order valence-corrected chi connectivity index (χ4v) is 4.58. The maximum Gasteiger partial charge on any atom is 0.311 e. The number of hydrogen-bond acceptors (Lipinski definition) is 5. The number of nitrogens with one attached hydrogen (secondary N) is 1. The first-order valence-corrected chi connectivity index (χ1v) is 11.1. The molecule has 0 fully saturated rings. The molecule has 5 rings (SSSR count). The van der Waals surface area contributed by atoms with Gasteiger partial charge in [0.1, 0.15) is 23.3 Å². The second-order valence-corrected chi connectivity index (χ2v) is 8.50. The van der Waals surface area contributed by atoms with E-state index in [9.17, 15) is 20.0 Å². The van der Waals surface area contributed by atoms with Crippen LogP contribution in [0.1, 0.15) is 45.0 Å². The standard InChI is InChI=1S/C27H22N2O5/c28-15-19-13-23-22(27(31)32)9-10-33-25(23)14-24(19)34-21-7-5-16(6-8-21)26(30)29-20-11-17-3-1-2-4-18(17)12-20/h1-8,13-14,20,22H,9-12H2,(H,29,30)(H,31,32). The third-order valence-corrected chi connectivity index (χ3v) is 6.30. The number of aliphatic carboxylic acids is 1. The molecule has 34 heavy (non-hydrogen) atoms. The Hall–Kier alpha value is -4.31. The van der Waals surface area contributed by atoms with Crippen molar-refractivity contribution in [3.63, 3.8) is 0 Å². The number of carboxylic acid groups (broad SMARTS) is 1. The summed E-state index contributed by atoms with van der Waals surface area (Å²) < 4.78 is 11.5. The first kappa shape index (κ1) is 21.5. The summed E-state index contributed by atoms with van der Waals surface area (Å²) in [6.07, 6.45) is 2.00. The van der Waals surface area contributed by atoms with Gasteiger partial charge >= 0.3 is 5.97 Å². The molecule has 0 aromatic heterocycles. The van der Waals surface area contributed by atoms with E-state index in [1.54, 1.807) is 30.3 Å². The summed E-state index contributed by atoms with van der Waals surface area (Å²) in [5, 5.41) is 22.1. The zero-order valence-electron chi connectivity index (χ0n) is 18.3. The predicted molar refractivity (Wildman–Crippen MR) is 123 cm³/mol. The van der Waals surface area contributed by atoms with Crippen molar-refractivity contribution in [1.29, 1.82) is 5.26 Å². The Morgan fingerprint density at radius 1 is 1.06 bits per heavy atom. The van der Waals surface area contributed by atoms with Crippen molar-refractivity contribution in [2.24, 2.45) is 0 Å². The average Bonchev–Trinajstić information content (AvgIpc) is 3.25. The molecule has 170 valence electrons. The number of fused-ring (bicyclic) bond motifs is 2. The van der Waals surface area contributed by atoms with Crippen LogP contribution in [0.5, 0.6) is 17.2 Å². The maximum absolute atomic E-state index is 12.7. The van der Waals surface area contributed by atoms with Crippen molar-refractivity contribution in [1.82, 2.24) is 5.32 Å². The Morgan fingerprint density at radius 3 is 2.41 bits per heavy atom. The molecule has 2 aliphatic rings. The lowest BCUT2D eigenvalue weighted by Crippen LogP contribution is -2.35. The monoisotopic (exact) mass is 454 g/mol. The summed E-state index contributed by atoms with van der Waals surface area (Å²) in [6.45, 7) is 0.283. The van der Waals surface area contributed by atoms with Crippen molar-refractivity contribution in [3.05, 3.63) is 88.5 Å². The zero-order chi connectivity index (χ0) is 23.7. The number of carbonyl (C=O) groups excluding carboxylic acids is 1. The van der Waals surface area contributed by atoms with Gasteiger partial charge in [-0.05, 0) is 60.7 Å².